The number of nitrogens with zero attached hydrogens (tertiary/aromatic N) is 2. The number of piperidine rings is 1. The van der Waals surface area contributed by atoms with Crippen molar-refractivity contribution in [2.45, 2.75) is 31.7 Å². The van der Waals surface area contributed by atoms with Crippen LogP contribution in [0.5, 0.6) is 0 Å². The van der Waals surface area contributed by atoms with Gasteiger partial charge in [-0.2, -0.15) is 5.26 Å². The number of carbonyl (C=O) groups is 2. The molecule has 0 bridgehead atoms. The summed E-state index contributed by atoms with van der Waals surface area (Å²) in [5.74, 6) is -1.01. The second-order valence-electron chi connectivity index (χ2n) is 5.28. The zero-order valence-electron chi connectivity index (χ0n) is 11.8. The number of hydrogen-bond donors (Lipinski definition) is 2. The Morgan fingerprint density at radius 1 is 1.38 bits per heavy atom. The van der Waals surface area contributed by atoms with Gasteiger partial charge in [-0.15, -0.1) is 0 Å². The molecule has 1 aliphatic heterocycles. The maximum absolute atomic E-state index is 12.4. The van der Waals surface area contributed by atoms with E-state index in [2.05, 4.69) is 5.32 Å². The van der Waals surface area contributed by atoms with Crippen LogP contribution in [-0.4, -0.2) is 34.1 Å². The number of carboxylic acids is 1. The summed E-state index contributed by atoms with van der Waals surface area (Å²) in [6, 6.07) is 8.15. The average Bonchev–Trinajstić information content (AvgIpc) is 2.48. The summed E-state index contributed by atoms with van der Waals surface area (Å²) >= 11 is 0. The zero-order chi connectivity index (χ0) is 15.5. The minimum Gasteiger partial charge on any atom is -0.480 e. The van der Waals surface area contributed by atoms with Gasteiger partial charge in [0.2, 0.25) is 0 Å². The minimum absolute atomic E-state index is 0.347. The number of amides is 2. The van der Waals surface area contributed by atoms with Gasteiger partial charge < -0.3 is 15.3 Å². The molecule has 0 aliphatic carbocycles. The number of carboxylic acid groups (broad SMARTS) is 1. The largest absolute Gasteiger partial charge is 0.480 e. The van der Waals surface area contributed by atoms with Crippen molar-refractivity contribution < 1.29 is 14.7 Å². The lowest BCUT2D eigenvalue weighted by atomic mass is 9.89. The molecule has 1 aromatic rings. The first kappa shape index (κ1) is 14.9. The minimum atomic E-state index is -1.20. The SMILES string of the molecule is CC1(C(=O)O)CCCCN1C(=O)Nc1ccccc1C#N. The Hall–Kier alpha value is -2.55. The molecule has 1 aliphatic rings. The van der Waals surface area contributed by atoms with Gasteiger partial charge >= 0.3 is 12.0 Å². The number of likely N-dealkylation sites (tertiary alicyclic amines) is 1. The van der Waals surface area contributed by atoms with Gasteiger partial charge in [-0.05, 0) is 38.3 Å². The van der Waals surface area contributed by atoms with Gasteiger partial charge in [-0.1, -0.05) is 12.1 Å². The molecule has 6 nitrogen and oxygen atoms in total. The molecule has 0 spiro atoms. The van der Waals surface area contributed by atoms with Gasteiger partial charge in [0.15, 0.2) is 0 Å². The lowest BCUT2D eigenvalue weighted by Gasteiger charge is -2.41. The van der Waals surface area contributed by atoms with Gasteiger partial charge in [-0.3, -0.25) is 0 Å². The van der Waals surface area contributed by atoms with Gasteiger partial charge in [-0.25, -0.2) is 9.59 Å². The molecule has 6 heteroatoms. The number of carbonyl (C=O) groups excluding carboxylic acids is 1. The lowest BCUT2D eigenvalue weighted by molar-refractivity contribution is -0.150. The summed E-state index contributed by atoms with van der Waals surface area (Å²) in [6.07, 6.45) is 1.98. The first-order valence-electron chi connectivity index (χ1n) is 6.80. The molecule has 1 unspecified atom stereocenters. The highest BCUT2D eigenvalue weighted by molar-refractivity contribution is 5.94. The van der Waals surface area contributed by atoms with E-state index in [4.69, 9.17) is 5.26 Å². The topological polar surface area (TPSA) is 93.4 Å². The Bertz CT molecular complexity index is 608. The van der Waals surface area contributed by atoms with Crippen LogP contribution < -0.4 is 5.32 Å². The third-order valence-corrected chi connectivity index (χ3v) is 3.89. The van der Waals surface area contributed by atoms with E-state index in [9.17, 15) is 14.7 Å². The molecule has 110 valence electrons. The van der Waals surface area contributed by atoms with E-state index in [1.807, 2.05) is 6.07 Å². The summed E-state index contributed by atoms with van der Waals surface area (Å²) in [4.78, 5) is 25.2. The number of anilines is 1. The van der Waals surface area contributed by atoms with Crippen molar-refractivity contribution in [2.75, 3.05) is 11.9 Å². The molecular formula is C15H17N3O3. The third-order valence-electron chi connectivity index (χ3n) is 3.89. The van der Waals surface area contributed by atoms with Crippen LogP contribution in [0, 0.1) is 11.3 Å². The third kappa shape index (κ3) is 2.82. The Labute approximate surface area is 123 Å². The summed E-state index contributed by atoms with van der Waals surface area (Å²) in [6.45, 7) is 1.95. The number of nitriles is 1. The molecule has 21 heavy (non-hydrogen) atoms. The fourth-order valence-electron chi connectivity index (χ4n) is 2.54. The van der Waals surface area contributed by atoms with Crippen molar-refractivity contribution in [1.29, 1.82) is 5.26 Å². The number of benzene rings is 1. The monoisotopic (exact) mass is 287 g/mol. The lowest BCUT2D eigenvalue weighted by Crippen LogP contribution is -2.58. The molecule has 1 saturated heterocycles. The predicted molar refractivity (Wildman–Crippen MR) is 76.8 cm³/mol. The number of rotatable bonds is 2. The summed E-state index contributed by atoms with van der Waals surface area (Å²) in [7, 11) is 0. The molecule has 2 N–H and O–H groups in total. The van der Waals surface area contributed by atoms with Gasteiger partial charge in [0.25, 0.3) is 0 Å². The zero-order valence-corrected chi connectivity index (χ0v) is 11.8. The van der Waals surface area contributed by atoms with Crippen molar-refractivity contribution in [3.63, 3.8) is 0 Å². The fourth-order valence-corrected chi connectivity index (χ4v) is 2.54. The van der Waals surface area contributed by atoms with E-state index in [0.717, 1.165) is 12.8 Å². The Kier molecular flexibility index (Phi) is 4.13. The maximum Gasteiger partial charge on any atom is 0.329 e. The van der Waals surface area contributed by atoms with Crippen molar-refractivity contribution in [3.8, 4) is 6.07 Å². The molecule has 0 saturated carbocycles. The summed E-state index contributed by atoms with van der Waals surface area (Å²) < 4.78 is 0. The van der Waals surface area contributed by atoms with Crippen LogP contribution in [0.25, 0.3) is 0 Å². The van der Waals surface area contributed by atoms with E-state index < -0.39 is 17.5 Å². The molecule has 0 radical (unpaired) electrons. The van der Waals surface area contributed by atoms with Crippen LogP contribution in [0.1, 0.15) is 31.7 Å². The number of aliphatic carboxylic acids is 1. The first-order valence-corrected chi connectivity index (χ1v) is 6.80. The quantitative estimate of drug-likeness (QED) is 0.873. The fraction of sp³-hybridized carbons (Fsp3) is 0.400. The second-order valence-corrected chi connectivity index (χ2v) is 5.28. The van der Waals surface area contributed by atoms with Crippen LogP contribution in [0.2, 0.25) is 0 Å². The van der Waals surface area contributed by atoms with Crippen LogP contribution in [0.4, 0.5) is 10.5 Å². The highest BCUT2D eigenvalue weighted by Crippen LogP contribution is 2.29. The average molecular weight is 287 g/mol. The molecule has 1 atom stereocenters. The van der Waals surface area contributed by atoms with Crippen molar-refractivity contribution in [1.82, 2.24) is 4.90 Å². The van der Waals surface area contributed by atoms with E-state index in [0.29, 0.717) is 24.2 Å². The number of nitrogens with one attached hydrogen (secondary N) is 1. The second kappa shape index (κ2) is 5.83. The molecule has 2 rings (SSSR count). The summed E-state index contributed by atoms with van der Waals surface area (Å²) in [5.41, 5.74) is -0.465. The van der Waals surface area contributed by atoms with E-state index in [-0.39, 0.29) is 0 Å². The molecule has 1 fully saturated rings. The molecule has 2 amide bonds. The van der Waals surface area contributed by atoms with Crippen molar-refractivity contribution >= 4 is 17.7 Å². The Morgan fingerprint density at radius 3 is 2.76 bits per heavy atom. The number of para-hydroxylation sites is 1. The van der Waals surface area contributed by atoms with Crippen molar-refractivity contribution in [3.05, 3.63) is 29.8 Å². The predicted octanol–water partition coefficient (Wildman–Crippen LogP) is 2.42. The van der Waals surface area contributed by atoms with Crippen molar-refractivity contribution in [2.24, 2.45) is 0 Å². The summed E-state index contributed by atoms with van der Waals surface area (Å²) in [5, 5.41) is 21.1. The van der Waals surface area contributed by atoms with Crippen LogP contribution in [0.15, 0.2) is 24.3 Å². The molecule has 0 aromatic heterocycles. The van der Waals surface area contributed by atoms with Crippen LogP contribution in [0.3, 0.4) is 0 Å². The van der Waals surface area contributed by atoms with E-state index in [1.165, 1.54) is 4.90 Å². The smallest absolute Gasteiger partial charge is 0.329 e. The maximum atomic E-state index is 12.4. The molecule has 1 aromatic carbocycles. The van der Waals surface area contributed by atoms with Crippen LogP contribution in [-0.2, 0) is 4.79 Å². The number of urea groups is 1. The Balaban J connectivity index is 2.23. The van der Waals surface area contributed by atoms with Gasteiger partial charge in [0.05, 0.1) is 11.3 Å². The molecular weight excluding hydrogens is 270 g/mol. The standard InChI is InChI=1S/C15H17N3O3/c1-15(13(19)20)8-4-5-9-18(15)14(21)17-12-7-3-2-6-11(12)10-16/h2-3,6-7H,4-5,8-9H2,1H3,(H,17,21)(H,19,20). The highest BCUT2D eigenvalue weighted by atomic mass is 16.4. The normalized spacial score (nSPS) is 21.4. The van der Waals surface area contributed by atoms with Gasteiger partial charge in [0, 0.05) is 6.54 Å². The van der Waals surface area contributed by atoms with Gasteiger partial charge in [0.1, 0.15) is 11.6 Å². The molecule has 1 heterocycles. The number of hydrogen-bond acceptors (Lipinski definition) is 3. The Morgan fingerprint density at radius 2 is 2.10 bits per heavy atom. The highest BCUT2D eigenvalue weighted by Gasteiger charge is 2.44. The van der Waals surface area contributed by atoms with Crippen LogP contribution >= 0.6 is 0 Å². The van der Waals surface area contributed by atoms with E-state index in [1.54, 1.807) is 31.2 Å². The van der Waals surface area contributed by atoms with E-state index >= 15 is 0 Å². The first-order chi connectivity index (χ1) is 9.99.